The summed E-state index contributed by atoms with van der Waals surface area (Å²) in [6.45, 7) is 0.981. The van der Waals surface area contributed by atoms with Gasteiger partial charge in [0.25, 0.3) is 0 Å². The number of carbonyl (C=O) groups excluding carboxylic acids is 3. The highest BCUT2D eigenvalue weighted by molar-refractivity contribution is 6.00. The maximum Gasteiger partial charge on any atom is 0.338 e. The molecule has 0 bridgehead atoms. The van der Waals surface area contributed by atoms with Crippen molar-refractivity contribution < 1.29 is 19.1 Å². The summed E-state index contributed by atoms with van der Waals surface area (Å²) in [6.07, 6.45) is 0. The fourth-order valence-corrected chi connectivity index (χ4v) is 1.96. The zero-order chi connectivity index (χ0) is 17.5. The lowest BCUT2D eigenvalue weighted by Crippen LogP contribution is -2.14. The van der Waals surface area contributed by atoms with Gasteiger partial charge in [-0.15, -0.1) is 0 Å². The Morgan fingerprint density at radius 2 is 1.79 bits per heavy atom. The highest BCUT2D eigenvalue weighted by atomic mass is 16.5. The van der Waals surface area contributed by atoms with E-state index in [-0.39, 0.29) is 17.3 Å². The van der Waals surface area contributed by atoms with Gasteiger partial charge in [-0.3, -0.25) is 9.59 Å². The lowest BCUT2D eigenvalue weighted by Gasteiger charge is -2.06. The number of hydrogen-bond acceptors (Lipinski definition) is 5. The Balaban J connectivity index is 1.96. The van der Waals surface area contributed by atoms with Gasteiger partial charge in [0.2, 0.25) is 5.91 Å². The maximum atomic E-state index is 12.0. The highest BCUT2D eigenvalue weighted by Crippen LogP contribution is 2.11. The average Bonchev–Trinajstić information content (AvgIpc) is 2.59. The Kier molecular flexibility index (Phi) is 5.42. The minimum absolute atomic E-state index is 0.206. The number of ether oxygens (including phenoxy) is 1. The number of nitrogens with zero attached hydrogens (tertiary/aromatic N) is 1. The fraction of sp³-hybridized carbons (Fsp3) is 0.111. The van der Waals surface area contributed by atoms with Crippen LogP contribution >= 0.6 is 0 Å². The molecule has 0 saturated carbocycles. The standard InChI is InChI=1S/C18H14N2O4/c1-12(21)20-16-7-5-14(6-8-16)17(22)11-24-18(23)15-4-2-3-13(9-15)10-19/h2-9H,11H2,1H3,(H,20,21). The molecule has 2 aromatic carbocycles. The van der Waals surface area contributed by atoms with Gasteiger partial charge in [-0.1, -0.05) is 6.07 Å². The highest BCUT2D eigenvalue weighted by Gasteiger charge is 2.12. The van der Waals surface area contributed by atoms with E-state index in [0.29, 0.717) is 16.8 Å². The summed E-state index contributed by atoms with van der Waals surface area (Å²) < 4.78 is 4.97. The summed E-state index contributed by atoms with van der Waals surface area (Å²) in [5.41, 5.74) is 1.49. The first-order chi connectivity index (χ1) is 11.5. The molecule has 0 radical (unpaired) electrons. The molecule has 0 heterocycles. The molecule has 0 aliphatic heterocycles. The number of benzene rings is 2. The van der Waals surface area contributed by atoms with E-state index in [0.717, 1.165) is 0 Å². The van der Waals surface area contributed by atoms with Crippen molar-refractivity contribution >= 4 is 23.3 Å². The van der Waals surface area contributed by atoms with Crippen LogP contribution in [0.4, 0.5) is 5.69 Å². The van der Waals surface area contributed by atoms with Crippen molar-refractivity contribution in [1.29, 1.82) is 5.26 Å². The van der Waals surface area contributed by atoms with Crippen molar-refractivity contribution in [3.63, 3.8) is 0 Å². The molecule has 1 amide bonds. The number of rotatable bonds is 5. The van der Waals surface area contributed by atoms with Crippen LogP contribution in [0, 0.1) is 11.3 Å². The number of amides is 1. The molecule has 2 rings (SSSR count). The molecule has 120 valence electrons. The third-order valence-corrected chi connectivity index (χ3v) is 3.09. The topological polar surface area (TPSA) is 96.3 Å². The van der Waals surface area contributed by atoms with Gasteiger partial charge in [0.05, 0.1) is 17.2 Å². The van der Waals surface area contributed by atoms with Crippen LogP contribution in [0.25, 0.3) is 0 Å². The molecule has 24 heavy (non-hydrogen) atoms. The van der Waals surface area contributed by atoms with Gasteiger partial charge in [0, 0.05) is 18.2 Å². The molecule has 0 aliphatic carbocycles. The predicted octanol–water partition coefficient (Wildman–Crippen LogP) is 2.56. The summed E-state index contributed by atoms with van der Waals surface area (Å²) in [7, 11) is 0. The van der Waals surface area contributed by atoms with Crippen molar-refractivity contribution in [3.8, 4) is 6.07 Å². The van der Waals surface area contributed by atoms with Gasteiger partial charge in [-0.25, -0.2) is 4.79 Å². The SMILES string of the molecule is CC(=O)Nc1ccc(C(=O)COC(=O)c2cccc(C#N)c2)cc1. The lowest BCUT2D eigenvalue weighted by molar-refractivity contribution is -0.114. The Bertz CT molecular complexity index is 820. The van der Waals surface area contributed by atoms with Crippen LogP contribution in [0.1, 0.15) is 33.2 Å². The van der Waals surface area contributed by atoms with Gasteiger partial charge >= 0.3 is 5.97 Å². The summed E-state index contributed by atoms with van der Waals surface area (Å²) in [5.74, 6) is -1.24. The monoisotopic (exact) mass is 322 g/mol. The minimum atomic E-state index is -0.671. The number of nitrogens with one attached hydrogen (secondary N) is 1. The zero-order valence-corrected chi connectivity index (χ0v) is 12.9. The van der Waals surface area contributed by atoms with Crippen LogP contribution < -0.4 is 5.32 Å². The molecule has 1 N–H and O–H groups in total. The Morgan fingerprint density at radius 3 is 2.42 bits per heavy atom. The molecule has 0 saturated heterocycles. The van der Waals surface area contributed by atoms with Crippen LogP contribution in [0.3, 0.4) is 0 Å². The second-order valence-corrected chi connectivity index (χ2v) is 4.95. The average molecular weight is 322 g/mol. The first-order valence-corrected chi connectivity index (χ1v) is 7.08. The van der Waals surface area contributed by atoms with Gasteiger partial charge in [0.15, 0.2) is 12.4 Å². The molecular formula is C18H14N2O4. The normalized spacial score (nSPS) is 9.67. The zero-order valence-electron chi connectivity index (χ0n) is 12.9. The summed E-state index contributed by atoms with van der Waals surface area (Å²) in [6, 6.07) is 14.2. The second-order valence-electron chi connectivity index (χ2n) is 4.95. The second kappa shape index (κ2) is 7.70. The van der Waals surface area contributed by atoms with E-state index in [4.69, 9.17) is 10.00 Å². The van der Waals surface area contributed by atoms with E-state index >= 15 is 0 Å². The fourth-order valence-electron chi connectivity index (χ4n) is 1.96. The first-order valence-electron chi connectivity index (χ1n) is 7.08. The Hall–Kier alpha value is -3.46. The van der Waals surface area contributed by atoms with E-state index < -0.39 is 12.6 Å². The van der Waals surface area contributed by atoms with E-state index in [1.807, 2.05) is 6.07 Å². The molecular weight excluding hydrogens is 308 g/mol. The van der Waals surface area contributed by atoms with Crippen LogP contribution in [0.2, 0.25) is 0 Å². The first kappa shape index (κ1) is 16.9. The molecule has 6 nitrogen and oxygen atoms in total. The number of Topliss-reactive ketones (excluding diaryl/α,β-unsaturated/α-hetero) is 1. The number of ketones is 1. The molecule has 6 heteroatoms. The van der Waals surface area contributed by atoms with Gasteiger partial charge in [-0.05, 0) is 42.5 Å². The van der Waals surface area contributed by atoms with Crippen molar-refractivity contribution in [1.82, 2.24) is 0 Å². The maximum absolute atomic E-state index is 12.0. The van der Waals surface area contributed by atoms with Crippen molar-refractivity contribution in [2.45, 2.75) is 6.92 Å². The number of hydrogen-bond donors (Lipinski definition) is 1. The van der Waals surface area contributed by atoms with Crippen molar-refractivity contribution in [2.24, 2.45) is 0 Å². The summed E-state index contributed by atoms with van der Waals surface area (Å²) >= 11 is 0. The third kappa shape index (κ3) is 4.52. The Morgan fingerprint density at radius 1 is 1.08 bits per heavy atom. The van der Waals surface area contributed by atoms with Gasteiger partial charge < -0.3 is 10.1 Å². The number of anilines is 1. The van der Waals surface area contributed by atoms with Crippen molar-refractivity contribution in [2.75, 3.05) is 11.9 Å². The molecule has 0 atom stereocenters. The van der Waals surface area contributed by atoms with Gasteiger partial charge in [-0.2, -0.15) is 5.26 Å². The van der Waals surface area contributed by atoms with Crippen molar-refractivity contribution in [3.05, 3.63) is 65.2 Å². The summed E-state index contributed by atoms with van der Waals surface area (Å²) in [5, 5.41) is 11.4. The van der Waals surface area contributed by atoms with E-state index in [9.17, 15) is 14.4 Å². The molecule has 0 spiro atoms. The predicted molar refractivity (Wildman–Crippen MR) is 86.5 cm³/mol. The van der Waals surface area contributed by atoms with E-state index in [1.165, 1.54) is 31.2 Å². The molecule has 0 unspecified atom stereocenters. The van der Waals surface area contributed by atoms with Crippen LogP contribution in [0.5, 0.6) is 0 Å². The smallest absolute Gasteiger partial charge is 0.338 e. The largest absolute Gasteiger partial charge is 0.454 e. The molecule has 2 aromatic rings. The van der Waals surface area contributed by atoms with Gasteiger partial charge in [0.1, 0.15) is 0 Å². The third-order valence-electron chi connectivity index (χ3n) is 3.09. The molecule has 0 aromatic heterocycles. The quantitative estimate of drug-likeness (QED) is 0.674. The van der Waals surface area contributed by atoms with E-state index in [1.54, 1.807) is 24.3 Å². The van der Waals surface area contributed by atoms with Crippen LogP contribution in [-0.2, 0) is 9.53 Å². The molecule has 0 aliphatic rings. The minimum Gasteiger partial charge on any atom is -0.454 e. The van der Waals surface area contributed by atoms with Crippen LogP contribution in [-0.4, -0.2) is 24.3 Å². The number of carbonyl (C=O) groups is 3. The number of esters is 1. The molecule has 0 fully saturated rings. The summed E-state index contributed by atoms with van der Waals surface area (Å²) in [4.78, 5) is 34.8. The van der Waals surface area contributed by atoms with E-state index in [2.05, 4.69) is 5.32 Å². The Labute approximate surface area is 138 Å². The lowest BCUT2D eigenvalue weighted by atomic mass is 10.1. The number of nitriles is 1. The van der Waals surface area contributed by atoms with Crippen LogP contribution in [0.15, 0.2) is 48.5 Å².